The van der Waals surface area contributed by atoms with Crippen molar-refractivity contribution in [1.29, 1.82) is 0 Å². The fourth-order valence-electron chi connectivity index (χ4n) is 9.44. The fraction of sp³-hybridized carbons (Fsp3) is 0.396. The van der Waals surface area contributed by atoms with E-state index in [1.54, 1.807) is 29.3 Å². The normalized spacial score (nSPS) is 18.9. The molecule has 2 fully saturated rings. The first-order chi connectivity index (χ1) is 32.6. The molecule has 4 aliphatic rings. The Morgan fingerprint density at radius 3 is 2.47 bits per heavy atom. The van der Waals surface area contributed by atoms with Crippen LogP contribution in [-0.2, 0) is 14.8 Å². The Kier molecular flexibility index (Phi) is 13.2. The third-order valence-corrected chi connectivity index (χ3v) is 14.8. The van der Waals surface area contributed by atoms with Gasteiger partial charge in [-0.25, -0.2) is 22.9 Å². The topological polar surface area (TPSA) is 205 Å². The molecule has 1 atom stereocenters. The monoisotopic (exact) mass is 967 g/mol. The zero-order valence-electron chi connectivity index (χ0n) is 38.1. The number of fused-ring (bicyclic) bond motifs is 2. The summed E-state index contributed by atoms with van der Waals surface area (Å²) in [5.74, 6) is -0.618. The summed E-state index contributed by atoms with van der Waals surface area (Å²) in [5, 5.41) is 17.1. The number of piperazine rings is 2. The van der Waals surface area contributed by atoms with Crippen molar-refractivity contribution in [2.45, 2.75) is 44.0 Å². The Hall–Kier alpha value is -6.41. The zero-order chi connectivity index (χ0) is 47.7. The van der Waals surface area contributed by atoms with Gasteiger partial charge in [0.2, 0.25) is 0 Å². The number of methoxy groups -OCH3 is 1. The molecule has 18 nitrogen and oxygen atoms in total. The summed E-state index contributed by atoms with van der Waals surface area (Å²) >= 11 is 6.25. The number of carbonyl (C=O) groups is 2. The molecule has 5 aromatic rings. The summed E-state index contributed by atoms with van der Waals surface area (Å²) in [6.07, 6.45) is 6.02. The van der Waals surface area contributed by atoms with Crippen LogP contribution in [0.3, 0.4) is 0 Å². The summed E-state index contributed by atoms with van der Waals surface area (Å²) in [5.41, 5.74) is 5.14. The molecule has 0 saturated carbocycles. The number of ether oxygens (including phenoxy) is 3. The highest BCUT2D eigenvalue weighted by atomic mass is 35.5. The number of halogens is 1. The number of hydrogen-bond acceptors (Lipinski definition) is 14. The number of hydrogen-bond donors (Lipinski definition) is 3. The van der Waals surface area contributed by atoms with Crippen molar-refractivity contribution < 1.29 is 37.1 Å². The van der Waals surface area contributed by atoms with Crippen molar-refractivity contribution in [2.24, 2.45) is 5.41 Å². The van der Waals surface area contributed by atoms with Crippen molar-refractivity contribution in [3.63, 3.8) is 0 Å². The second kappa shape index (κ2) is 19.3. The Morgan fingerprint density at radius 2 is 1.74 bits per heavy atom. The molecule has 3 aromatic carbocycles. The second-order valence-electron chi connectivity index (χ2n) is 18.5. The number of pyridine rings is 1. The summed E-state index contributed by atoms with van der Waals surface area (Å²) < 4.78 is 47.2. The third-order valence-electron chi connectivity index (χ3n) is 13.2. The van der Waals surface area contributed by atoms with Gasteiger partial charge in [0.15, 0.2) is 11.4 Å². The van der Waals surface area contributed by atoms with Gasteiger partial charge in [0.1, 0.15) is 23.8 Å². The largest absolute Gasteiger partial charge is 0.489 e. The SMILES string of the molecule is COC(=O)N1CCN(C[C@H]2COc3cc(S(=O)(=O)NC(=O)c4ccc(N5CCN(CC6=C(c7ccc(Cl)cc7)CC(C)(C)CC6)CC5)cc4Oc4cnc5[nH]ccc5c4)cc([N+](=O)[O-])c3N2)CC1. The molecule has 2 saturated heterocycles. The highest BCUT2D eigenvalue weighted by molar-refractivity contribution is 7.90. The van der Waals surface area contributed by atoms with E-state index in [2.05, 4.69) is 60.7 Å². The van der Waals surface area contributed by atoms with E-state index in [-0.39, 0.29) is 40.8 Å². The van der Waals surface area contributed by atoms with Gasteiger partial charge in [-0.05, 0) is 72.2 Å². The predicted molar refractivity (Wildman–Crippen MR) is 258 cm³/mol. The number of carbonyl (C=O) groups excluding carboxylic acids is 2. The number of nitrogens with zero attached hydrogens (tertiary/aromatic N) is 6. The number of aromatic amines is 1. The highest BCUT2D eigenvalue weighted by Gasteiger charge is 2.34. The van der Waals surface area contributed by atoms with Crippen molar-refractivity contribution in [3.8, 4) is 17.2 Å². The van der Waals surface area contributed by atoms with Gasteiger partial charge in [-0.3, -0.25) is 24.7 Å². The quantitative estimate of drug-likeness (QED) is 0.0825. The highest BCUT2D eigenvalue weighted by Crippen LogP contribution is 2.44. The Labute approximate surface area is 399 Å². The molecule has 0 radical (unpaired) electrons. The van der Waals surface area contributed by atoms with Gasteiger partial charge in [-0.15, -0.1) is 0 Å². The number of amides is 2. The number of nitro groups is 1. The van der Waals surface area contributed by atoms with Crippen LogP contribution in [0.4, 0.5) is 21.9 Å². The van der Waals surface area contributed by atoms with E-state index in [1.807, 2.05) is 18.2 Å². The molecule has 9 rings (SSSR count). The first kappa shape index (κ1) is 46.7. The number of benzene rings is 3. The molecule has 0 bridgehead atoms. The van der Waals surface area contributed by atoms with Gasteiger partial charge >= 0.3 is 6.09 Å². The number of nitrogens with one attached hydrogen (secondary N) is 3. The maximum absolute atomic E-state index is 14.1. The third kappa shape index (κ3) is 10.3. The first-order valence-corrected chi connectivity index (χ1v) is 24.5. The van der Waals surface area contributed by atoms with Gasteiger partial charge in [0, 0.05) is 106 Å². The minimum absolute atomic E-state index is 0.0302. The smallest absolute Gasteiger partial charge is 0.409 e. The van der Waals surface area contributed by atoms with Crippen LogP contribution in [0.2, 0.25) is 5.02 Å². The lowest BCUT2D eigenvalue weighted by atomic mass is 9.72. The van der Waals surface area contributed by atoms with Crippen LogP contribution in [0.15, 0.2) is 89.6 Å². The number of nitro benzene ring substituents is 1. The predicted octanol–water partition coefficient (Wildman–Crippen LogP) is 7.38. The lowest BCUT2D eigenvalue weighted by molar-refractivity contribution is -0.384. The Bertz CT molecular complexity index is 2870. The van der Waals surface area contributed by atoms with E-state index in [1.165, 1.54) is 36.1 Å². The molecule has 0 spiro atoms. The van der Waals surface area contributed by atoms with Gasteiger partial charge in [-0.1, -0.05) is 43.2 Å². The van der Waals surface area contributed by atoms with E-state index in [0.29, 0.717) is 57.2 Å². The second-order valence-corrected chi connectivity index (χ2v) is 20.6. The van der Waals surface area contributed by atoms with Crippen LogP contribution in [-0.4, -0.2) is 135 Å². The fourth-order valence-corrected chi connectivity index (χ4v) is 10.6. The summed E-state index contributed by atoms with van der Waals surface area (Å²) in [6, 6.07) is 18.5. The summed E-state index contributed by atoms with van der Waals surface area (Å²) in [7, 11) is -3.36. The molecule has 3 aliphatic heterocycles. The zero-order valence-corrected chi connectivity index (χ0v) is 39.7. The number of H-pyrrole nitrogens is 1. The lowest BCUT2D eigenvalue weighted by Gasteiger charge is -2.39. The van der Waals surface area contributed by atoms with Crippen LogP contribution in [0.5, 0.6) is 17.2 Å². The first-order valence-electron chi connectivity index (χ1n) is 22.6. The van der Waals surface area contributed by atoms with Crippen LogP contribution in [0.25, 0.3) is 16.6 Å². The van der Waals surface area contributed by atoms with Crippen molar-refractivity contribution in [1.82, 2.24) is 29.4 Å². The number of allylic oxidation sites excluding steroid dienone is 1. The Morgan fingerprint density at radius 1 is 0.985 bits per heavy atom. The van der Waals surface area contributed by atoms with E-state index < -0.39 is 37.5 Å². The molecule has 0 unspecified atom stereocenters. The molecule has 2 amide bonds. The van der Waals surface area contributed by atoms with Gasteiger partial charge in [0.05, 0.1) is 34.7 Å². The molecule has 358 valence electrons. The lowest BCUT2D eigenvalue weighted by Crippen LogP contribution is -2.52. The number of aromatic nitrogens is 2. The van der Waals surface area contributed by atoms with Crippen LogP contribution < -0.4 is 24.4 Å². The van der Waals surface area contributed by atoms with E-state index in [9.17, 15) is 28.1 Å². The van der Waals surface area contributed by atoms with Crippen molar-refractivity contribution in [3.05, 3.63) is 111 Å². The number of sulfonamides is 1. The minimum Gasteiger partial charge on any atom is -0.489 e. The standard InChI is InChI=1S/C48H54ClN9O9S/c1-48(2)12-10-33(40(26-48)31-4-6-34(49)7-5-31)28-54-14-18-56(19-15-54)36-8-9-39(42(23-36)67-37-22-32-11-13-50-45(32)51-27-37)46(59)53-68(63,64)38-24-41(58(61)62)44-43(25-38)66-30-35(52-44)29-55-16-20-57(21-17-55)47(60)65-3/h4-9,11,13,22-25,27,35,52H,10,12,14-21,26,28-30H2,1-3H3,(H,50,51)(H,53,59)/t35-/m0/s1. The van der Waals surface area contributed by atoms with E-state index in [4.69, 9.17) is 25.8 Å². The van der Waals surface area contributed by atoms with Gasteiger partial charge < -0.3 is 34.3 Å². The van der Waals surface area contributed by atoms with Crippen LogP contribution in [0.1, 0.15) is 49.0 Å². The number of anilines is 2. The molecular weight excluding hydrogens is 914 g/mol. The molecule has 20 heteroatoms. The molecule has 2 aromatic heterocycles. The van der Waals surface area contributed by atoms with Crippen molar-refractivity contribution >= 4 is 67.3 Å². The molecular formula is C48H54ClN9O9S. The maximum Gasteiger partial charge on any atom is 0.409 e. The average molecular weight is 969 g/mol. The molecule has 3 N–H and O–H groups in total. The van der Waals surface area contributed by atoms with E-state index in [0.717, 1.165) is 67.1 Å². The number of rotatable bonds is 12. The summed E-state index contributed by atoms with van der Waals surface area (Å²) in [6.45, 7) is 11.1. The molecule has 5 heterocycles. The van der Waals surface area contributed by atoms with Crippen LogP contribution >= 0.6 is 11.6 Å². The van der Waals surface area contributed by atoms with Gasteiger partial charge in [-0.2, -0.15) is 0 Å². The van der Waals surface area contributed by atoms with Crippen LogP contribution in [0, 0.1) is 15.5 Å². The van der Waals surface area contributed by atoms with Gasteiger partial charge in [0.25, 0.3) is 21.6 Å². The van der Waals surface area contributed by atoms with E-state index >= 15 is 0 Å². The molecule has 68 heavy (non-hydrogen) atoms. The van der Waals surface area contributed by atoms with Crippen molar-refractivity contribution in [2.75, 3.05) is 89.4 Å². The minimum atomic E-state index is -4.70. The molecule has 1 aliphatic carbocycles. The summed E-state index contributed by atoms with van der Waals surface area (Å²) in [4.78, 5) is 53.1. The Balaban J connectivity index is 0.916. The maximum atomic E-state index is 14.1. The average Bonchev–Trinajstić information content (AvgIpc) is 3.80.